The Balaban J connectivity index is 0.00000300. The second kappa shape index (κ2) is 13.1. The van der Waals surface area contributed by atoms with Crippen LogP contribution < -0.4 is 10.6 Å². The van der Waals surface area contributed by atoms with Crippen molar-refractivity contribution in [1.82, 2.24) is 20.5 Å². The highest BCUT2D eigenvalue weighted by Gasteiger charge is 2.09. The standard InChI is InChI=1S/C22H34FN5.HI/c1-24-22(25-11-4-2-5-13-28-14-6-3-7-15-28)26-12-10-18-17-27-21-9-8-19(23)16-20(18)21;/h8-9,16-17,27H,2-7,10-15H2,1H3,(H2,24,25,26);1H. The smallest absolute Gasteiger partial charge is 0.190 e. The molecule has 0 amide bonds. The Labute approximate surface area is 190 Å². The summed E-state index contributed by atoms with van der Waals surface area (Å²) in [5, 5.41) is 7.70. The van der Waals surface area contributed by atoms with Crippen molar-refractivity contribution in [3.05, 3.63) is 35.8 Å². The number of H-pyrrole nitrogens is 1. The molecule has 1 aliphatic rings. The number of unbranched alkanes of at least 4 members (excludes halogenated alkanes) is 2. The third-order valence-electron chi connectivity index (χ3n) is 5.53. The van der Waals surface area contributed by atoms with E-state index in [1.165, 1.54) is 57.8 Å². The lowest BCUT2D eigenvalue weighted by Crippen LogP contribution is -2.38. The molecule has 2 heterocycles. The average molecular weight is 515 g/mol. The van der Waals surface area contributed by atoms with Crippen LogP contribution in [0.5, 0.6) is 0 Å². The second-order valence-corrected chi connectivity index (χ2v) is 7.64. The van der Waals surface area contributed by atoms with E-state index >= 15 is 0 Å². The third kappa shape index (κ3) is 7.77. The molecule has 0 radical (unpaired) electrons. The van der Waals surface area contributed by atoms with E-state index in [9.17, 15) is 4.39 Å². The highest BCUT2D eigenvalue weighted by Crippen LogP contribution is 2.19. The first-order valence-electron chi connectivity index (χ1n) is 10.7. The fourth-order valence-corrected chi connectivity index (χ4v) is 3.92. The van der Waals surface area contributed by atoms with E-state index in [2.05, 4.69) is 25.5 Å². The second-order valence-electron chi connectivity index (χ2n) is 7.64. The molecule has 29 heavy (non-hydrogen) atoms. The number of guanidine groups is 1. The van der Waals surface area contributed by atoms with Crippen LogP contribution in [0.4, 0.5) is 4.39 Å². The number of aliphatic imine (C=N–C) groups is 1. The molecule has 1 aromatic heterocycles. The summed E-state index contributed by atoms with van der Waals surface area (Å²) in [6.07, 6.45) is 10.6. The van der Waals surface area contributed by atoms with Gasteiger partial charge >= 0.3 is 0 Å². The zero-order valence-corrected chi connectivity index (χ0v) is 19.8. The number of aromatic nitrogens is 1. The predicted octanol–water partition coefficient (Wildman–Crippen LogP) is 4.29. The summed E-state index contributed by atoms with van der Waals surface area (Å²) in [7, 11) is 1.80. The van der Waals surface area contributed by atoms with Crippen molar-refractivity contribution in [2.45, 2.75) is 44.9 Å². The molecule has 0 spiro atoms. The van der Waals surface area contributed by atoms with Crippen molar-refractivity contribution in [2.75, 3.05) is 39.8 Å². The van der Waals surface area contributed by atoms with Crippen molar-refractivity contribution >= 4 is 40.8 Å². The number of fused-ring (bicyclic) bond motifs is 1. The average Bonchev–Trinajstić information content (AvgIpc) is 3.12. The minimum absolute atomic E-state index is 0. The summed E-state index contributed by atoms with van der Waals surface area (Å²) in [6, 6.07) is 4.87. The molecule has 162 valence electrons. The van der Waals surface area contributed by atoms with Gasteiger partial charge < -0.3 is 20.5 Å². The number of hydrogen-bond donors (Lipinski definition) is 3. The lowest BCUT2D eigenvalue weighted by atomic mass is 10.1. The van der Waals surface area contributed by atoms with Gasteiger partial charge in [0.15, 0.2) is 5.96 Å². The summed E-state index contributed by atoms with van der Waals surface area (Å²) < 4.78 is 13.5. The van der Waals surface area contributed by atoms with Crippen LogP contribution in [0.3, 0.4) is 0 Å². The third-order valence-corrected chi connectivity index (χ3v) is 5.53. The molecule has 7 heteroatoms. The highest BCUT2D eigenvalue weighted by atomic mass is 127. The Hall–Kier alpha value is -1.35. The van der Waals surface area contributed by atoms with E-state index in [1.54, 1.807) is 19.2 Å². The molecule has 1 fully saturated rings. The van der Waals surface area contributed by atoms with E-state index in [-0.39, 0.29) is 29.8 Å². The van der Waals surface area contributed by atoms with Gasteiger partial charge in [-0.15, -0.1) is 24.0 Å². The minimum atomic E-state index is -0.195. The van der Waals surface area contributed by atoms with Gasteiger partial charge in [-0.3, -0.25) is 4.99 Å². The first kappa shape index (κ1) is 23.9. The lowest BCUT2D eigenvalue weighted by Gasteiger charge is -2.26. The first-order chi connectivity index (χ1) is 13.8. The lowest BCUT2D eigenvalue weighted by molar-refractivity contribution is 0.224. The Bertz CT molecular complexity index is 755. The normalized spacial score (nSPS) is 15.3. The predicted molar refractivity (Wildman–Crippen MR) is 131 cm³/mol. The molecule has 1 saturated heterocycles. The van der Waals surface area contributed by atoms with Crippen LogP contribution in [-0.2, 0) is 6.42 Å². The summed E-state index contributed by atoms with van der Waals surface area (Å²) >= 11 is 0. The number of hydrogen-bond acceptors (Lipinski definition) is 2. The highest BCUT2D eigenvalue weighted by molar-refractivity contribution is 14.0. The van der Waals surface area contributed by atoms with E-state index in [0.29, 0.717) is 0 Å². The van der Waals surface area contributed by atoms with Crippen LogP contribution in [0.1, 0.15) is 44.1 Å². The fraction of sp³-hybridized carbons (Fsp3) is 0.591. The molecule has 5 nitrogen and oxygen atoms in total. The van der Waals surface area contributed by atoms with E-state index < -0.39 is 0 Å². The number of piperidine rings is 1. The molecule has 0 bridgehead atoms. The Morgan fingerprint density at radius 1 is 1.10 bits per heavy atom. The van der Waals surface area contributed by atoms with Gasteiger partial charge in [-0.2, -0.15) is 0 Å². The van der Waals surface area contributed by atoms with Gasteiger partial charge in [0.1, 0.15) is 5.82 Å². The van der Waals surface area contributed by atoms with Gasteiger partial charge in [0.05, 0.1) is 0 Å². The number of halogens is 2. The van der Waals surface area contributed by atoms with E-state index in [4.69, 9.17) is 0 Å². The van der Waals surface area contributed by atoms with Crippen molar-refractivity contribution in [3.8, 4) is 0 Å². The van der Waals surface area contributed by atoms with Crippen molar-refractivity contribution in [2.24, 2.45) is 4.99 Å². The zero-order chi connectivity index (χ0) is 19.6. The summed E-state index contributed by atoms with van der Waals surface area (Å²) in [6.45, 7) is 5.53. The monoisotopic (exact) mass is 515 g/mol. The van der Waals surface area contributed by atoms with Crippen molar-refractivity contribution in [3.63, 3.8) is 0 Å². The molecule has 0 saturated carbocycles. The molecule has 2 aromatic rings. The van der Waals surface area contributed by atoms with Crippen LogP contribution in [0.25, 0.3) is 10.9 Å². The Kier molecular flexibility index (Phi) is 10.8. The van der Waals surface area contributed by atoms with Gasteiger partial charge in [-0.25, -0.2) is 4.39 Å². The minimum Gasteiger partial charge on any atom is -0.361 e. The fourth-order valence-electron chi connectivity index (χ4n) is 3.92. The topological polar surface area (TPSA) is 55.5 Å². The number of rotatable bonds is 9. The Morgan fingerprint density at radius 2 is 1.90 bits per heavy atom. The molecule has 1 aromatic carbocycles. The van der Waals surface area contributed by atoms with E-state index in [0.717, 1.165) is 48.4 Å². The number of nitrogens with zero attached hydrogens (tertiary/aromatic N) is 2. The van der Waals surface area contributed by atoms with Crippen LogP contribution >= 0.6 is 24.0 Å². The van der Waals surface area contributed by atoms with Gasteiger partial charge in [-0.05, 0) is 75.5 Å². The summed E-state index contributed by atoms with van der Waals surface area (Å²) in [5.74, 6) is 0.640. The molecular formula is C22H35FIN5. The number of aromatic amines is 1. The SMILES string of the molecule is CN=C(NCCCCCN1CCCCC1)NCCc1c[nH]c2ccc(F)cc12.I. The summed E-state index contributed by atoms with van der Waals surface area (Å²) in [5.41, 5.74) is 2.10. The molecule has 0 atom stereocenters. The first-order valence-corrected chi connectivity index (χ1v) is 10.7. The Morgan fingerprint density at radius 3 is 2.69 bits per heavy atom. The molecule has 0 aliphatic carbocycles. The summed E-state index contributed by atoms with van der Waals surface area (Å²) in [4.78, 5) is 10.1. The maximum Gasteiger partial charge on any atom is 0.190 e. The maximum atomic E-state index is 13.5. The quantitative estimate of drug-likeness (QED) is 0.202. The molecule has 0 unspecified atom stereocenters. The largest absolute Gasteiger partial charge is 0.361 e. The number of likely N-dealkylation sites (tertiary alicyclic amines) is 1. The molecule has 3 rings (SSSR count). The van der Waals surface area contributed by atoms with Crippen LogP contribution in [0, 0.1) is 5.82 Å². The van der Waals surface area contributed by atoms with E-state index in [1.807, 2.05) is 6.20 Å². The molecule has 3 N–H and O–H groups in total. The maximum absolute atomic E-state index is 13.5. The van der Waals surface area contributed by atoms with Crippen LogP contribution in [0.2, 0.25) is 0 Å². The van der Waals surface area contributed by atoms with Crippen molar-refractivity contribution < 1.29 is 4.39 Å². The van der Waals surface area contributed by atoms with Crippen LogP contribution in [-0.4, -0.2) is 55.6 Å². The number of nitrogens with one attached hydrogen (secondary N) is 3. The zero-order valence-electron chi connectivity index (χ0n) is 17.5. The van der Waals surface area contributed by atoms with Crippen molar-refractivity contribution in [1.29, 1.82) is 0 Å². The van der Waals surface area contributed by atoms with Gasteiger partial charge in [-0.1, -0.05) is 12.8 Å². The molecular weight excluding hydrogens is 480 g/mol. The van der Waals surface area contributed by atoms with Crippen LogP contribution in [0.15, 0.2) is 29.4 Å². The molecule has 1 aliphatic heterocycles. The van der Waals surface area contributed by atoms with Gasteiger partial charge in [0, 0.05) is 37.2 Å². The number of benzene rings is 1. The van der Waals surface area contributed by atoms with Gasteiger partial charge in [0.2, 0.25) is 0 Å². The van der Waals surface area contributed by atoms with Gasteiger partial charge in [0.25, 0.3) is 0 Å².